The van der Waals surface area contributed by atoms with Crippen LogP contribution in [0.5, 0.6) is 0 Å². The number of unbranched alkanes of at least 4 members (excludes halogenated alkanes) is 33. The Balaban J connectivity index is 4.36. The highest BCUT2D eigenvalue weighted by Crippen LogP contribution is 2.15. The fourth-order valence-electron chi connectivity index (χ4n) is 8.44. The monoisotopic (exact) mass is 965 g/mol. The molecule has 0 aliphatic heterocycles. The molecule has 0 bridgehead atoms. The molecule has 6 heteroatoms. The lowest BCUT2D eigenvalue weighted by Crippen LogP contribution is -2.30. The van der Waals surface area contributed by atoms with E-state index < -0.39 is 6.10 Å². The van der Waals surface area contributed by atoms with Crippen molar-refractivity contribution >= 4 is 17.9 Å². The van der Waals surface area contributed by atoms with Gasteiger partial charge in [0.2, 0.25) is 0 Å². The van der Waals surface area contributed by atoms with Crippen LogP contribution in [-0.4, -0.2) is 37.2 Å². The predicted octanol–water partition coefficient (Wildman–Crippen LogP) is 20.0. The van der Waals surface area contributed by atoms with E-state index >= 15 is 0 Å². The van der Waals surface area contributed by atoms with Crippen molar-refractivity contribution in [1.29, 1.82) is 0 Å². The Morgan fingerprint density at radius 3 is 0.855 bits per heavy atom. The third-order valence-electron chi connectivity index (χ3n) is 13.0. The highest BCUT2D eigenvalue weighted by molar-refractivity contribution is 5.71. The van der Waals surface area contributed by atoms with Crippen molar-refractivity contribution in [3.8, 4) is 0 Å². The molecule has 0 aliphatic carbocycles. The molecule has 69 heavy (non-hydrogen) atoms. The lowest BCUT2D eigenvalue weighted by Gasteiger charge is -2.18. The van der Waals surface area contributed by atoms with Gasteiger partial charge < -0.3 is 14.2 Å². The molecule has 0 radical (unpaired) electrons. The van der Waals surface area contributed by atoms with Crippen molar-refractivity contribution in [2.24, 2.45) is 0 Å². The van der Waals surface area contributed by atoms with Crippen molar-refractivity contribution in [3.05, 3.63) is 60.8 Å². The van der Waals surface area contributed by atoms with E-state index in [4.69, 9.17) is 14.2 Å². The minimum absolute atomic E-state index is 0.0837. The zero-order valence-electron chi connectivity index (χ0n) is 45.8. The number of carbonyl (C=O) groups excluding carboxylic acids is 3. The van der Waals surface area contributed by atoms with Crippen LogP contribution in [0.25, 0.3) is 0 Å². The summed E-state index contributed by atoms with van der Waals surface area (Å²) >= 11 is 0. The van der Waals surface area contributed by atoms with E-state index in [1.54, 1.807) is 0 Å². The molecule has 0 aromatic rings. The number of rotatable bonds is 54. The third kappa shape index (κ3) is 55.9. The summed E-state index contributed by atoms with van der Waals surface area (Å²) < 4.78 is 16.9. The van der Waals surface area contributed by atoms with E-state index in [-0.39, 0.29) is 31.1 Å². The molecule has 1 atom stereocenters. The summed E-state index contributed by atoms with van der Waals surface area (Å²) in [6.07, 6.45) is 72.1. The van der Waals surface area contributed by atoms with Gasteiger partial charge in [-0.05, 0) is 109 Å². The Kier molecular flexibility index (Phi) is 55.3. The molecule has 0 aliphatic rings. The van der Waals surface area contributed by atoms with Crippen molar-refractivity contribution in [2.45, 2.75) is 309 Å². The van der Waals surface area contributed by atoms with Gasteiger partial charge >= 0.3 is 17.9 Å². The normalized spacial score (nSPS) is 12.4. The fourth-order valence-corrected chi connectivity index (χ4v) is 8.44. The quantitative estimate of drug-likeness (QED) is 0.0262. The van der Waals surface area contributed by atoms with E-state index in [1.807, 2.05) is 0 Å². The molecule has 0 N–H and O–H groups in total. The van der Waals surface area contributed by atoms with E-state index in [2.05, 4.69) is 81.5 Å². The number of esters is 3. The lowest BCUT2D eigenvalue weighted by atomic mass is 10.1. The van der Waals surface area contributed by atoms with Gasteiger partial charge in [-0.1, -0.05) is 236 Å². The van der Waals surface area contributed by atoms with Crippen LogP contribution in [0.2, 0.25) is 0 Å². The Labute approximate surface area is 428 Å². The number of carbonyl (C=O) groups is 3. The molecule has 0 rings (SSSR count). The second kappa shape index (κ2) is 57.7. The minimum atomic E-state index is -0.785. The van der Waals surface area contributed by atoms with Gasteiger partial charge in [-0.25, -0.2) is 0 Å². The van der Waals surface area contributed by atoms with Crippen LogP contribution in [0, 0.1) is 0 Å². The van der Waals surface area contributed by atoms with Crippen LogP contribution < -0.4 is 0 Å². The molecule has 400 valence electrons. The largest absolute Gasteiger partial charge is 0.462 e. The Bertz CT molecular complexity index is 1250. The molecule has 0 heterocycles. The smallest absolute Gasteiger partial charge is 0.306 e. The number of allylic oxidation sites excluding steroid dienone is 10. The molecular weight excluding hydrogens is 853 g/mol. The molecule has 0 saturated carbocycles. The Morgan fingerprint density at radius 1 is 0.290 bits per heavy atom. The first-order valence-electron chi connectivity index (χ1n) is 29.8. The fraction of sp³-hybridized carbons (Fsp3) is 0.794. The van der Waals surface area contributed by atoms with Gasteiger partial charge in [-0.15, -0.1) is 0 Å². The van der Waals surface area contributed by atoms with Gasteiger partial charge in [0.1, 0.15) is 13.2 Å². The zero-order chi connectivity index (χ0) is 50.0. The van der Waals surface area contributed by atoms with Crippen molar-refractivity contribution in [3.63, 3.8) is 0 Å². The minimum Gasteiger partial charge on any atom is -0.462 e. The van der Waals surface area contributed by atoms with Gasteiger partial charge in [0, 0.05) is 19.3 Å². The van der Waals surface area contributed by atoms with E-state index in [9.17, 15) is 14.4 Å². The van der Waals surface area contributed by atoms with Gasteiger partial charge in [-0.2, -0.15) is 0 Å². The zero-order valence-corrected chi connectivity index (χ0v) is 45.8. The molecule has 0 aromatic heterocycles. The molecule has 0 spiro atoms. The van der Waals surface area contributed by atoms with Crippen LogP contribution in [0.15, 0.2) is 60.8 Å². The first kappa shape index (κ1) is 66.1. The summed E-state index contributed by atoms with van der Waals surface area (Å²) in [4.78, 5) is 38.2. The molecule has 1 unspecified atom stereocenters. The van der Waals surface area contributed by atoms with Crippen LogP contribution in [0.1, 0.15) is 303 Å². The Morgan fingerprint density at radius 2 is 0.522 bits per heavy atom. The average molecular weight is 966 g/mol. The third-order valence-corrected chi connectivity index (χ3v) is 13.0. The number of hydrogen-bond donors (Lipinski definition) is 0. The first-order valence-corrected chi connectivity index (χ1v) is 29.8. The van der Waals surface area contributed by atoms with Gasteiger partial charge in [-0.3, -0.25) is 14.4 Å². The van der Waals surface area contributed by atoms with Crippen LogP contribution >= 0.6 is 0 Å². The molecule has 0 fully saturated rings. The number of ether oxygens (including phenoxy) is 3. The molecular formula is C63H112O6. The van der Waals surface area contributed by atoms with E-state index in [1.165, 1.54) is 180 Å². The van der Waals surface area contributed by atoms with Crippen molar-refractivity contribution < 1.29 is 28.6 Å². The Hall–Kier alpha value is -2.89. The summed E-state index contributed by atoms with van der Waals surface area (Å²) in [7, 11) is 0. The maximum absolute atomic E-state index is 12.9. The highest BCUT2D eigenvalue weighted by atomic mass is 16.6. The molecule has 0 aromatic carbocycles. The topological polar surface area (TPSA) is 78.9 Å². The first-order chi connectivity index (χ1) is 34.0. The predicted molar refractivity (Wildman–Crippen MR) is 298 cm³/mol. The molecule has 0 saturated heterocycles. The van der Waals surface area contributed by atoms with Crippen molar-refractivity contribution in [1.82, 2.24) is 0 Å². The maximum Gasteiger partial charge on any atom is 0.306 e. The standard InChI is InChI=1S/C63H112O6/c1-4-7-10-13-16-19-22-25-27-29-31-32-33-35-36-38-41-44-47-50-53-56-62(65)68-59-60(58-67-61(64)55-52-49-46-43-40-24-21-18-15-12-9-6-3)69-63(66)57-54-51-48-45-42-39-37-34-30-28-26-23-20-17-14-11-8-5-2/h18,21-22,25,28-31,33,35,60H,4-17,19-20,23-24,26-27,32,34,36-59H2,1-3H3/b21-18-,25-22-,30-28-,31-29-,35-33-. The van der Waals surface area contributed by atoms with Crippen molar-refractivity contribution in [2.75, 3.05) is 13.2 Å². The molecule has 6 nitrogen and oxygen atoms in total. The van der Waals surface area contributed by atoms with Gasteiger partial charge in [0.25, 0.3) is 0 Å². The maximum atomic E-state index is 12.9. The second-order valence-corrected chi connectivity index (χ2v) is 19.9. The van der Waals surface area contributed by atoms with Gasteiger partial charge in [0.15, 0.2) is 6.10 Å². The second-order valence-electron chi connectivity index (χ2n) is 19.9. The van der Waals surface area contributed by atoms with Gasteiger partial charge in [0.05, 0.1) is 0 Å². The van der Waals surface area contributed by atoms with Crippen LogP contribution in [-0.2, 0) is 28.6 Å². The lowest BCUT2D eigenvalue weighted by molar-refractivity contribution is -0.167. The van der Waals surface area contributed by atoms with Crippen LogP contribution in [0.3, 0.4) is 0 Å². The summed E-state index contributed by atoms with van der Waals surface area (Å²) in [5.74, 6) is -0.898. The summed E-state index contributed by atoms with van der Waals surface area (Å²) in [5, 5.41) is 0. The summed E-state index contributed by atoms with van der Waals surface area (Å²) in [6.45, 7) is 6.61. The average Bonchev–Trinajstić information content (AvgIpc) is 3.35. The summed E-state index contributed by atoms with van der Waals surface area (Å²) in [5.41, 5.74) is 0. The highest BCUT2D eigenvalue weighted by Gasteiger charge is 2.19. The number of hydrogen-bond acceptors (Lipinski definition) is 6. The SMILES string of the molecule is CCCCC/C=C\CCCCCCCC(=O)OCC(COC(=O)CCCCCCCC/C=C\C/C=C\C/C=C\CCCCCCC)OC(=O)CCCCCCCCC/C=C\CCCCCCCCC. The van der Waals surface area contributed by atoms with E-state index in [0.717, 1.165) is 83.5 Å². The van der Waals surface area contributed by atoms with Crippen LogP contribution in [0.4, 0.5) is 0 Å². The summed E-state index contributed by atoms with van der Waals surface area (Å²) in [6, 6.07) is 0. The molecule has 0 amide bonds. The van der Waals surface area contributed by atoms with E-state index in [0.29, 0.717) is 19.3 Å².